The third-order valence-electron chi connectivity index (χ3n) is 1.93. The summed E-state index contributed by atoms with van der Waals surface area (Å²) in [6, 6.07) is 0. The van der Waals surface area contributed by atoms with E-state index in [9.17, 15) is 4.79 Å². The van der Waals surface area contributed by atoms with Gasteiger partial charge < -0.3 is 10.0 Å². The maximum atomic E-state index is 10.4. The van der Waals surface area contributed by atoms with Crippen molar-refractivity contribution < 1.29 is 9.90 Å². The highest BCUT2D eigenvalue weighted by atomic mass is 16.4. The number of likely N-dealkylation sites (tertiary alicyclic amines) is 1. The number of hydrogen-bond acceptors (Lipinski definition) is 1. The average molecular weight is 143 g/mol. The Morgan fingerprint density at radius 3 is 2.80 bits per heavy atom. The summed E-state index contributed by atoms with van der Waals surface area (Å²) in [6.07, 6.45) is 1.42. The van der Waals surface area contributed by atoms with Crippen LogP contribution in [0.15, 0.2) is 0 Å². The van der Waals surface area contributed by atoms with E-state index >= 15 is 0 Å². The molecule has 1 aliphatic heterocycles. The number of hydrogen-bond donors (Lipinski definition) is 1. The lowest BCUT2D eigenvalue weighted by molar-refractivity contribution is 0.123. The molecule has 0 aliphatic carbocycles. The second-order valence-electron chi connectivity index (χ2n) is 2.98. The van der Waals surface area contributed by atoms with E-state index in [4.69, 9.17) is 5.11 Å². The molecule has 3 heteroatoms. The van der Waals surface area contributed by atoms with Gasteiger partial charge in [0, 0.05) is 13.1 Å². The van der Waals surface area contributed by atoms with Gasteiger partial charge in [0.05, 0.1) is 0 Å². The molecule has 0 radical (unpaired) electrons. The third kappa shape index (κ3) is 1.62. The Kier molecular flexibility index (Phi) is 2.14. The fourth-order valence-electron chi connectivity index (χ4n) is 1.36. The zero-order valence-corrected chi connectivity index (χ0v) is 6.21. The molecule has 0 spiro atoms. The zero-order valence-electron chi connectivity index (χ0n) is 6.21. The molecule has 10 heavy (non-hydrogen) atoms. The van der Waals surface area contributed by atoms with Crippen molar-refractivity contribution in [1.29, 1.82) is 0 Å². The standard InChI is InChI=1S/C7H13NO2/c1-6-3-2-4-8(5-6)7(9)10/h6H,2-5H2,1H3,(H,9,10)/t6-/m0/s1. The van der Waals surface area contributed by atoms with Crippen LogP contribution in [-0.4, -0.2) is 29.2 Å². The normalized spacial score (nSPS) is 26.5. The molecule has 0 aromatic carbocycles. The Morgan fingerprint density at radius 1 is 1.70 bits per heavy atom. The second-order valence-corrected chi connectivity index (χ2v) is 2.98. The van der Waals surface area contributed by atoms with Crippen LogP contribution in [0.2, 0.25) is 0 Å². The number of carbonyl (C=O) groups is 1. The first-order valence-electron chi connectivity index (χ1n) is 3.68. The van der Waals surface area contributed by atoms with Gasteiger partial charge >= 0.3 is 6.09 Å². The van der Waals surface area contributed by atoms with Gasteiger partial charge in [-0.1, -0.05) is 6.92 Å². The molecule has 0 unspecified atom stereocenters. The predicted molar refractivity (Wildman–Crippen MR) is 38.0 cm³/mol. The molecule has 1 heterocycles. The summed E-state index contributed by atoms with van der Waals surface area (Å²) in [6.45, 7) is 3.53. The molecule has 1 amide bonds. The molecule has 0 aromatic rings. The summed E-state index contributed by atoms with van der Waals surface area (Å²) in [4.78, 5) is 11.9. The van der Waals surface area contributed by atoms with Crippen molar-refractivity contribution in [2.45, 2.75) is 19.8 Å². The van der Waals surface area contributed by atoms with Gasteiger partial charge in [-0.15, -0.1) is 0 Å². The fraction of sp³-hybridized carbons (Fsp3) is 0.857. The molecule has 0 saturated carbocycles. The molecular weight excluding hydrogens is 130 g/mol. The van der Waals surface area contributed by atoms with Crippen LogP contribution >= 0.6 is 0 Å². The summed E-state index contributed by atoms with van der Waals surface area (Å²) < 4.78 is 0. The van der Waals surface area contributed by atoms with Crippen LogP contribution in [0.5, 0.6) is 0 Å². The first-order valence-corrected chi connectivity index (χ1v) is 3.68. The molecule has 1 aliphatic rings. The van der Waals surface area contributed by atoms with Crippen molar-refractivity contribution in [1.82, 2.24) is 4.90 Å². The zero-order chi connectivity index (χ0) is 7.56. The van der Waals surface area contributed by atoms with E-state index in [1.165, 1.54) is 11.3 Å². The highest BCUT2D eigenvalue weighted by Gasteiger charge is 2.19. The van der Waals surface area contributed by atoms with Crippen LogP contribution in [-0.2, 0) is 0 Å². The quantitative estimate of drug-likeness (QED) is 0.556. The lowest BCUT2D eigenvalue weighted by atomic mass is 10.0. The van der Waals surface area contributed by atoms with Crippen LogP contribution in [0.4, 0.5) is 4.79 Å². The van der Waals surface area contributed by atoms with Gasteiger partial charge in [0.25, 0.3) is 0 Å². The minimum Gasteiger partial charge on any atom is -0.465 e. The third-order valence-corrected chi connectivity index (χ3v) is 1.93. The topological polar surface area (TPSA) is 40.5 Å². The summed E-state index contributed by atoms with van der Waals surface area (Å²) in [5.41, 5.74) is 0. The molecule has 3 nitrogen and oxygen atoms in total. The smallest absolute Gasteiger partial charge is 0.407 e. The van der Waals surface area contributed by atoms with Crippen LogP contribution in [0.1, 0.15) is 19.8 Å². The maximum Gasteiger partial charge on any atom is 0.407 e. The van der Waals surface area contributed by atoms with Crippen LogP contribution in [0, 0.1) is 5.92 Å². The van der Waals surface area contributed by atoms with Crippen LogP contribution < -0.4 is 0 Å². The van der Waals surface area contributed by atoms with Gasteiger partial charge in [-0.25, -0.2) is 4.79 Å². The van der Waals surface area contributed by atoms with Crippen LogP contribution in [0.3, 0.4) is 0 Å². The van der Waals surface area contributed by atoms with Crippen molar-refractivity contribution in [3.05, 3.63) is 0 Å². The van der Waals surface area contributed by atoms with E-state index in [0.717, 1.165) is 19.5 Å². The molecule has 1 N–H and O–H groups in total. The molecule has 0 bridgehead atoms. The molecule has 1 fully saturated rings. The number of nitrogens with zero attached hydrogens (tertiary/aromatic N) is 1. The van der Waals surface area contributed by atoms with Gasteiger partial charge in [-0.3, -0.25) is 0 Å². The summed E-state index contributed by atoms with van der Waals surface area (Å²) in [5, 5.41) is 8.58. The molecule has 58 valence electrons. The lowest BCUT2D eigenvalue weighted by Crippen LogP contribution is -2.37. The minimum absolute atomic E-state index is 0.546. The van der Waals surface area contributed by atoms with E-state index in [2.05, 4.69) is 6.92 Å². The van der Waals surface area contributed by atoms with Crippen molar-refractivity contribution in [2.24, 2.45) is 5.92 Å². The Balaban J connectivity index is 2.39. The first-order chi connectivity index (χ1) is 4.70. The second kappa shape index (κ2) is 2.90. The Morgan fingerprint density at radius 2 is 2.40 bits per heavy atom. The SMILES string of the molecule is C[C@H]1CCCN(C(=O)O)C1. The monoisotopic (exact) mass is 143 g/mol. The summed E-state index contributed by atoms with van der Waals surface area (Å²) in [5.74, 6) is 0.546. The molecule has 1 rings (SSSR count). The van der Waals surface area contributed by atoms with E-state index in [1.807, 2.05) is 0 Å². The maximum absolute atomic E-state index is 10.4. The van der Waals surface area contributed by atoms with Crippen molar-refractivity contribution in [2.75, 3.05) is 13.1 Å². The predicted octanol–water partition coefficient (Wildman–Crippen LogP) is 1.40. The van der Waals surface area contributed by atoms with Gasteiger partial charge in [0.15, 0.2) is 0 Å². The van der Waals surface area contributed by atoms with Gasteiger partial charge in [0.2, 0.25) is 0 Å². The average Bonchev–Trinajstić information content (AvgIpc) is 1.88. The van der Waals surface area contributed by atoms with Gasteiger partial charge in [-0.05, 0) is 18.8 Å². The van der Waals surface area contributed by atoms with Crippen molar-refractivity contribution >= 4 is 6.09 Å². The van der Waals surface area contributed by atoms with Crippen LogP contribution in [0.25, 0.3) is 0 Å². The van der Waals surface area contributed by atoms with Gasteiger partial charge in [0.1, 0.15) is 0 Å². The Bertz CT molecular complexity index is 136. The molecular formula is C7H13NO2. The highest BCUT2D eigenvalue weighted by Crippen LogP contribution is 2.14. The van der Waals surface area contributed by atoms with E-state index in [1.54, 1.807) is 0 Å². The highest BCUT2D eigenvalue weighted by molar-refractivity contribution is 5.64. The Labute approximate surface area is 60.6 Å². The number of rotatable bonds is 0. The van der Waals surface area contributed by atoms with Crippen molar-refractivity contribution in [3.8, 4) is 0 Å². The number of piperidine rings is 1. The Hall–Kier alpha value is -0.730. The van der Waals surface area contributed by atoms with Gasteiger partial charge in [-0.2, -0.15) is 0 Å². The number of amides is 1. The first kappa shape index (κ1) is 7.38. The summed E-state index contributed by atoms with van der Waals surface area (Å²) in [7, 11) is 0. The van der Waals surface area contributed by atoms with E-state index in [0.29, 0.717) is 5.92 Å². The van der Waals surface area contributed by atoms with Crippen molar-refractivity contribution in [3.63, 3.8) is 0 Å². The largest absolute Gasteiger partial charge is 0.465 e. The summed E-state index contributed by atoms with van der Waals surface area (Å²) >= 11 is 0. The van der Waals surface area contributed by atoms with E-state index in [-0.39, 0.29) is 0 Å². The van der Waals surface area contributed by atoms with E-state index < -0.39 is 6.09 Å². The fourth-order valence-corrected chi connectivity index (χ4v) is 1.36. The minimum atomic E-state index is -0.772. The lowest BCUT2D eigenvalue weighted by Gasteiger charge is -2.28. The molecule has 1 saturated heterocycles. The molecule has 1 atom stereocenters. The number of carboxylic acid groups (broad SMARTS) is 1. The molecule has 0 aromatic heterocycles.